The van der Waals surface area contributed by atoms with Crippen molar-refractivity contribution in [2.24, 2.45) is 11.7 Å². The minimum atomic E-state index is -0.00426. The molecule has 0 spiro atoms. The zero-order valence-electron chi connectivity index (χ0n) is 15.7. The summed E-state index contributed by atoms with van der Waals surface area (Å²) in [4.78, 5) is 29.0. The number of carbonyl (C=O) groups excluding carboxylic acids is 2. The van der Waals surface area contributed by atoms with Gasteiger partial charge in [0.15, 0.2) is 0 Å². The van der Waals surface area contributed by atoms with E-state index in [4.69, 9.17) is 5.73 Å². The number of hydrogen-bond acceptors (Lipinski definition) is 4. The largest absolute Gasteiger partial charge is 0.336 e. The van der Waals surface area contributed by atoms with Crippen LogP contribution in [-0.4, -0.2) is 60.9 Å². The zero-order valence-corrected chi connectivity index (χ0v) is 17.4. The summed E-state index contributed by atoms with van der Waals surface area (Å²) < 4.78 is 0. The van der Waals surface area contributed by atoms with E-state index in [0.717, 1.165) is 57.5 Å². The molecule has 1 saturated heterocycles. The number of piperazine rings is 1. The molecule has 1 saturated carbocycles. The molecule has 0 bridgehead atoms. The van der Waals surface area contributed by atoms with E-state index in [0.29, 0.717) is 5.56 Å². The van der Waals surface area contributed by atoms with Crippen LogP contribution in [0.3, 0.4) is 0 Å². The molecule has 152 valence electrons. The summed E-state index contributed by atoms with van der Waals surface area (Å²) >= 11 is 0. The van der Waals surface area contributed by atoms with Crippen LogP contribution in [0, 0.1) is 5.92 Å². The number of nitrogens with two attached hydrogens (primary N) is 1. The minimum absolute atomic E-state index is 0. The van der Waals surface area contributed by atoms with Gasteiger partial charge in [0, 0.05) is 49.4 Å². The van der Waals surface area contributed by atoms with E-state index in [1.54, 1.807) is 12.1 Å². The fourth-order valence-corrected chi connectivity index (χ4v) is 3.60. The number of likely N-dealkylation sites (N-methyl/N-ethyl adjacent to an activating group) is 1. The molecule has 2 aliphatic rings. The Hall–Kier alpha value is -1.34. The number of halogens is 2. The molecule has 8 heteroatoms. The Morgan fingerprint density at radius 1 is 1.04 bits per heavy atom. The van der Waals surface area contributed by atoms with Gasteiger partial charge in [-0.25, -0.2) is 0 Å². The van der Waals surface area contributed by atoms with Gasteiger partial charge in [-0.05, 0) is 50.6 Å². The summed E-state index contributed by atoms with van der Waals surface area (Å²) in [7, 11) is 2.07. The molecule has 0 aromatic heterocycles. The molecule has 3 rings (SSSR count). The maximum atomic E-state index is 12.5. The molecule has 2 amide bonds. The second-order valence-corrected chi connectivity index (χ2v) is 7.29. The topological polar surface area (TPSA) is 78.7 Å². The summed E-state index contributed by atoms with van der Waals surface area (Å²) in [6.07, 6.45) is 3.68. The van der Waals surface area contributed by atoms with Crippen molar-refractivity contribution in [3.05, 3.63) is 29.8 Å². The average molecular weight is 417 g/mol. The molecule has 1 aliphatic heterocycles. The van der Waals surface area contributed by atoms with Crippen LogP contribution in [0.15, 0.2) is 24.3 Å². The Balaban J connectivity index is 0.00000182. The Kier molecular flexibility index (Phi) is 9.53. The first kappa shape index (κ1) is 23.7. The molecular formula is C19H30Cl2N4O2. The van der Waals surface area contributed by atoms with Crippen LogP contribution >= 0.6 is 24.8 Å². The van der Waals surface area contributed by atoms with Crippen LogP contribution < -0.4 is 11.1 Å². The van der Waals surface area contributed by atoms with Gasteiger partial charge in [0.2, 0.25) is 5.91 Å². The SMILES string of the molecule is CN1CCN(C(=O)c2ccc(NC(=O)C3CCCC(N)C3)cc2)CC1.Cl.Cl. The van der Waals surface area contributed by atoms with Crippen molar-refractivity contribution in [1.82, 2.24) is 9.80 Å². The second kappa shape index (κ2) is 10.9. The summed E-state index contributed by atoms with van der Waals surface area (Å²) in [5, 5.41) is 2.96. The second-order valence-electron chi connectivity index (χ2n) is 7.29. The number of nitrogens with zero attached hydrogens (tertiary/aromatic N) is 2. The molecule has 27 heavy (non-hydrogen) atoms. The van der Waals surface area contributed by atoms with Gasteiger partial charge < -0.3 is 20.9 Å². The zero-order chi connectivity index (χ0) is 17.8. The maximum absolute atomic E-state index is 12.5. The van der Waals surface area contributed by atoms with Crippen molar-refractivity contribution >= 4 is 42.3 Å². The third-order valence-electron chi connectivity index (χ3n) is 5.28. The van der Waals surface area contributed by atoms with Crippen molar-refractivity contribution in [3.8, 4) is 0 Å². The molecule has 1 aliphatic carbocycles. The number of hydrogen-bond donors (Lipinski definition) is 2. The highest BCUT2D eigenvalue weighted by Gasteiger charge is 2.25. The number of nitrogens with one attached hydrogen (secondary N) is 1. The van der Waals surface area contributed by atoms with Gasteiger partial charge in [-0.15, -0.1) is 24.8 Å². The first-order valence-electron chi connectivity index (χ1n) is 9.17. The maximum Gasteiger partial charge on any atom is 0.253 e. The van der Waals surface area contributed by atoms with Crippen LogP contribution in [0.25, 0.3) is 0 Å². The molecule has 0 radical (unpaired) electrons. The Morgan fingerprint density at radius 3 is 2.26 bits per heavy atom. The van der Waals surface area contributed by atoms with Crippen molar-refractivity contribution < 1.29 is 9.59 Å². The lowest BCUT2D eigenvalue weighted by molar-refractivity contribution is -0.120. The summed E-state index contributed by atoms with van der Waals surface area (Å²) in [5.41, 5.74) is 7.37. The van der Waals surface area contributed by atoms with Gasteiger partial charge in [0.1, 0.15) is 0 Å². The monoisotopic (exact) mass is 416 g/mol. The lowest BCUT2D eigenvalue weighted by atomic mass is 9.85. The lowest BCUT2D eigenvalue weighted by Crippen LogP contribution is -2.47. The Morgan fingerprint density at radius 2 is 1.67 bits per heavy atom. The van der Waals surface area contributed by atoms with Gasteiger partial charge >= 0.3 is 0 Å². The average Bonchev–Trinajstić information content (AvgIpc) is 2.62. The first-order valence-corrected chi connectivity index (χ1v) is 9.17. The smallest absolute Gasteiger partial charge is 0.253 e. The van der Waals surface area contributed by atoms with Crippen LogP contribution in [0.1, 0.15) is 36.0 Å². The number of carbonyl (C=O) groups is 2. The van der Waals surface area contributed by atoms with Crippen molar-refractivity contribution in [2.75, 3.05) is 38.5 Å². The van der Waals surface area contributed by atoms with E-state index in [1.807, 2.05) is 17.0 Å². The van der Waals surface area contributed by atoms with E-state index in [1.165, 1.54) is 0 Å². The van der Waals surface area contributed by atoms with Crippen LogP contribution in [0.2, 0.25) is 0 Å². The quantitative estimate of drug-likeness (QED) is 0.792. The van der Waals surface area contributed by atoms with Gasteiger partial charge in [-0.1, -0.05) is 6.42 Å². The lowest BCUT2D eigenvalue weighted by Gasteiger charge is -2.32. The van der Waals surface area contributed by atoms with Crippen LogP contribution in [-0.2, 0) is 4.79 Å². The number of amides is 2. The molecule has 3 N–H and O–H groups in total. The molecule has 1 aromatic carbocycles. The minimum Gasteiger partial charge on any atom is -0.336 e. The van der Waals surface area contributed by atoms with E-state index in [-0.39, 0.29) is 48.6 Å². The van der Waals surface area contributed by atoms with Crippen LogP contribution in [0.4, 0.5) is 5.69 Å². The molecule has 1 heterocycles. The summed E-state index contributed by atoms with van der Waals surface area (Å²) in [5.74, 6) is 0.0907. The standard InChI is InChI=1S/C19H28N4O2.2ClH/c1-22-9-11-23(12-10-22)19(25)14-5-7-17(8-6-14)21-18(24)15-3-2-4-16(20)13-15;;/h5-8,15-16H,2-4,9-13,20H2,1H3,(H,21,24);2*1H. The Bertz CT molecular complexity index is 619. The number of rotatable bonds is 3. The van der Waals surface area contributed by atoms with Gasteiger partial charge in [0.25, 0.3) is 5.91 Å². The van der Waals surface area contributed by atoms with Gasteiger partial charge in [-0.2, -0.15) is 0 Å². The predicted molar refractivity (Wildman–Crippen MR) is 113 cm³/mol. The van der Waals surface area contributed by atoms with Crippen molar-refractivity contribution in [1.29, 1.82) is 0 Å². The molecule has 2 atom stereocenters. The van der Waals surface area contributed by atoms with E-state index >= 15 is 0 Å². The van der Waals surface area contributed by atoms with E-state index in [9.17, 15) is 9.59 Å². The van der Waals surface area contributed by atoms with E-state index < -0.39 is 0 Å². The number of benzene rings is 1. The first-order chi connectivity index (χ1) is 12.0. The predicted octanol–water partition coefficient (Wildman–Crippen LogP) is 2.37. The third-order valence-corrected chi connectivity index (χ3v) is 5.28. The molecule has 6 nitrogen and oxygen atoms in total. The van der Waals surface area contributed by atoms with Crippen molar-refractivity contribution in [3.63, 3.8) is 0 Å². The fraction of sp³-hybridized carbons (Fsp3) is 0.579. The fourth-order valence-electron chi connectivity index (χ4n) is 3.60. The highest BCUT2D eigenvalue weighted by atomic mass is 35.5. The summed E-state index contributed by atoms with van der Waals surface area (Å²) in [6.45, 7) is 3.33. The number of anilines is 1. The Labute approximate surface area is 173 Å². The molecule has 2 fully saturated rings. The van der Waals surface area contributed by atoms with Gasteiger partial charge in [-0.3, -0.25) is 9.59 Å². The van der Waals surface area contributed by atoms with Gasteiger partial charge in [0.05, 0.1) is 0 Å². The third kappa shape index (κ3) is 6.35. The highest BCUT2D eigenvalue weighted by Crippen LogP contribution is 2.24. The molecule has 1 aromatic rings. The van der Waals surface area contributed by atoms with E-state index in [2.05, 4.69) is 17.3 Å². The highest BCUT2D eigenvalue weighted by molar-refractivity contribution is 5.96. The summed E-state index contributed by atoms with van der Waals surface area (Å²) in [6, 6.07) is 7.34. The molecular weight excluding hydrogens is 387 g/mol. The normalized spacial score (nSPS) is 23.0. The molecule has 2 unspecified atom stereocenters. The van der Waals surface area contributed by atoms with Crippen molar-refractivity contribution in [2.45, 2.75) is 31.7 Å². The van der Waals surface area contributed by atoms with Crippen LogP contribution in [0.5, 0.6) is 0 Å².